The van der Waals surface area contributed by atoms with Gasteiger partial charge in [0.1, 0.15) is 5.60 Å². The number of aromatic nitrogens is 1. The first kappa shape index (κ1) is 15.4. The molecule has 1 aromatic rings. The minimum Gasteiger partial charge on any atom is -0.504 e. The van der Waals surface area contributed by atoms with Gasteiger partial charge in [-0.3, -0.25) is 0 Å². The molecule has 116 valence electrons. The van der Waals surface area contributed by atoms with E-state index < -0.39 is 5.60 Å². The Morgan fingerprint density at radius 3 is 3.00 bits per heavy atom. The number of anilines is 1. The summed E-state index contributed by atoms with van der Waals surface area (Å²) in [5.74, 6) is 0.549. The molecule has 0 aliphatic carbocycles. The van der Waals surface area contributed by atoms with Crippen molar-refractivity contribution in [3.05, 3.63) is 18.3 Å². The van der Waals surface area contributed by atoms with Gasteiger partial charge in [0, 0.05) is 19.3 Å². The van der Waals surface area contributed by atoms with E-state index >= 15 is 0 Å². The third-order valence-electron chi connectivity index (χ3n) is 3.30. The van der Waals surface area contributed by atoms with Crippen molar-refractivity contribution in [1.82, 2.24) is 9.88 Å². The van der Waals surface area contributed by atoms with Gasteiger partial charge in [0.25, 0.3) is 0 Å². The van der Waals surface area contributed by atoms with Gasteiger partial charge in [-0.1, -0.05) is 0 Å². The summed E-state index contributed by atoms with van der Waals surface area (Å²) >= 11 is 0. The van der Waals surface area contributed by atoms with Crippen LogP contribution in [0.3, 0.4) is 0 Å². The highest BCUT2D eigenvalue weighted by molar-refractivity contribution is 5.69. The lowest BCUT2D eigenvalue weighted by Gasteiger charge is -2.28. The van der Waals surface area contributed by atoms with Crippen molar-refractivity contribution in [2.45, 2.75) is 45.3 Å². The molecule has 1 aliphatic rings. The molecule has 6 nitrogen and oxygen atoms in total. The number of ether oxygens (including phenoxy) is 1. The maximum Gasteiger partial charge on any atom is 0.410 e. The number of aromatic hydroxyl groups is 1. The third-order valence-corrected chi connectivity index (χ3v) is 3.30. The molecule has 0 spiro atoms. The molecule has 2 N–H and O–H groups in total. The molecule has 1 fully saturated rings. The molecule has 6 heteroatoms. The van der Waals surface area contributed by atoms with Gasteiger partial charge < -0.3 is 20.1 Å². The molecule has 1 atom stereocenters. The van der Waals surface area contributed by atoms with Crippen LogP contribution in [-0.4, -0.2) is 45.8 Å². The molecule has 0 saturated carbocycles. The van der Waals surface area contributed by atoms with Crippen molar-refractivity contribution in [3.63, 3.8) is 0 Å². The molecule has 0 bridgehead atoms. The van der Waals surface area contributed by atoms with E-state index in [2.05, 4.69) is 10.3 Å². The van der Waals surface area contributed by atoms with Gasteiger partial charge in [-0.15, -0.1) is 0 Å². The van der Waals surface area contributed by atoms with Crippen LogP contribution in [0.1, 0.15) is 33.6 Å². The average molecular weight is 293 g/mol. The number of pyridine rings is 1. The van der Waals surface area contributed by atoms with Gasteiger partial charge in [0.05, 0.1) is 6.04 Å². The highest BCUT2D eigenvalue weighted by Gasteiger charge is 2.32. The van der Waals surface area contributed by atoms with Gasteiger partial charge >= 0.3 is 6.09 Å². The Bertz CT molecular complexity index is 499. The Morgan fingerprint density at radius 1 is 1.57 bits per heavy atom. The Balaban J connectivity index is 1.93. The number of likely N-dealkylation sites (tertiary alicyclic amines) is 1. The van der Waals surface area contributed by atoms with Crippen LogP contribution in [0.5, 0.6) is 5.75 Å². The first-order chi connectivity index (χ1) is 9.87. The normalized spacial score (nSPS) is 18.6. The molecule has 1 saturated heterocycles. The van der Waals surface area contributed by atoms with Crippen LogP contribution < -0.4 is 5.32 Å². The fourth-order valence-electron chi connectivity index (χ4n) is 2.36. The standard InChI is InChI=1S/C15H23N3O3/c1-15(2,3)21-14(20)18-9-5-6-11(18)10-17-13-12(19)7-4-8-16-13/h4,7-8,11,19H,5-6,9-10H2,1-3H3,(H,16,17). The van der Waals surface area contributed by atoms with Gasteiger partial charge in [-0.05, 0) is 45.7 Å². The van der Waals surface area contributed by atoms with E-state index in [9.17, 15) is 9.90 Å². The molecule has 1 amide bonds. The predicted octanol–water partition coefficient (Wildman–Crippen LogP) is 2.60. The van der Waals surface area contributed by atoms with E-state index in [1.54, 1.807) is 23.2 Å². The second-order valence-corrected chi connectivity index (χ2v) is 6.22. The van der Waals surface area contributed by atoms with Crippen molar-refractivity contribution in [1.29, 1.82) is 0 Å². The second-order valence-electron chi connectivity index (χ2n) is 6.22. The van der Waals surface area contributed by atoms with Crippen molar-refractivity contribution < 1.29 is 14.6 Å². The highest BCUT2D eigenvalue weighted by Crippen LogP contribution is 2.23. The minimum absolute atomic E-state index is 0.0567. The molecular formula is C15H23N3O3. The molecule has 2 heterocycles. The molecular weight excluding hydrogens is 270 g/mol. The van der Waals surface area contributed by atoms with E-state index in [-0.39, 0.29) is 17.9 Å². The zero-order valence-electron chi connectivity index (χ0n) is 12.8. The fourth-order valence-corrected chi connectivity index (χ4v) is 2.36. The van der Waals surface area contributed by atoms with Crippen LogP contribution >= 0.6 is 0 Å². The molecule has 1 unspecified atom stereocenters. The first-order valence-corrected chi connectivity index (χ1v) is 7.24. The van der Waals surface area contributed by atoms with Gasteiger partial charge in [0.2, 0.25) is 0 Å². The Labute approximate surface area is 125 Å². The quantitative estimate of drug-likeness (QED) is 0.896. The number of rotatable bonds is 3. The number of hydrogen-bond donors (Lipinski definition) is 2. The van der Waals surface area contributed by atoms with Crippen LogP contribution in [0.15, 0.2) is 18.3 Å². The van der Waals surface area contributed by atoms with Crippen molar-refractivity contribution in [2.24, 2.45) is 0 Å². The van der Waals surface area contributed by atoms with Crippen LogP contribution in [-0.2, 0) is 4.74 Å². The van der Waals surface area contributed by atoms with E-state index in [1.807, 2.05) is 20.8 Å². The van der Waals surface area contributed by atoms with E-state index in [4.69, 9.17) is 4.74 Å². The summed E-state index contributed by atoms with van der Waals surface area (Å²) in [6.07, 6.45) is 3.21. The second kappa shape index (κ2) is 6.20. The molecule has 2 rings (SSSR count). The number of carbonyl (C=O) groups excluding carboxylic acids is 1. The Hall–Kier alpha value is -1.98. The van der Waals surface area contributed by atoms with Gasteiger partial charge in [-0.2, -0.15) is 0 Å². The summed E-state index contributed by atoms with van der Waals surface area (Å²) < 4.78 is 5.42. The predicted molar refractivity (Wildman–Crippen MR) is 80.4 cm³/mol. The van der Waals surface area contributed by atoms with Crippen LogP contribution in [0.25, 0.3) is 0 Å². The summed E-state index contributed by atoms with van der Waals surface area (Å²) in [7, 11) is 0. The monoisotopic (exact) mass is 293 g/mol. The lowest BCUT2D eigenvalue weighted by Crippen LogP contribution is -2.42. The van der Waals surface area contributed by atoms with E-state index in [0.29, 0.717) is 18.9 Å². The Morgan fingerprint density at radius 2 is 2.33 bits per heavy atom. The van der Waals surface area contributed by atoms with Crippen molar-refractivity contribution in [3.8, 4) is 5.75 Å². The highest BCUT2D eigenvalue weighted by atomic mass is 16.6. The lowest BCUT2D eigenvalue weighted by atomic mass is 10.2. The number of nitrogens with zero attached hydrogens (tertiary/aromatic N) is 2. The summed E-state index contributed by atoms with van der Waals surface area (Å²) in [5, 5.41) is 12.8. The number of nitrogens with one attached hydrogen (secondary N) is 1. The average Bonchev–Trinajstić information content (AvgIpc) is 2.84. The topological polar surface area (TPSA) is 74.7 Å². The molecule has 1 aromatic heterocycles. The zero-order chi connectivity index (χ0) is 15.5. The minimum atomic E-state index is -0.489. The van der Waals surface area contributed by atoms with E-state index in [1.165, 1.54) is 0 Å². The lowest BCUT2D eigenvalue weighted by molar-refractivity contribution is 0.0235. The molecule has 21 heavy (non-hydrogen) atoms. The summed E-state index contributed by atoms with van der Waals surface area (Å²) in [6, 6.07) is 3.31. The van der Waals surface area contributed by atoms with E-state index in [0.717, 1.165) is 12.8 Å². The SMILES string of the molecule is CC(C)(C)OC(=O)N1CCCC1CNc1ncccc1O. The number of carbonyl (C=O) groups is 1. The van der Waals surface area contributed by atoms with Gasteiger partial charge in [-0.25, -0.2) is 9.78 Å². The van der Waals surface area contributed by atoms with Crippen molar-refractivity contribution in [2.75, 3.05) is 18.4 Å². The molecule has 1 aliphatic heterocycles. The maximum absolute atomic E-state index is 12.2. The van der Waals surface area contributed by atoms with Crippen LogP contribution in [0.2, 0.25) is 0 Å². The number of hydrogen-bond acceptors (Lipinski definition) is 5. The summed E-state index contributed by atoms with van der Waals surface area (Å²) in [4.78, 5) is 18.0. The molecule has 0 aromatic carbocycles. The number of amides is 1. The summed E-state index contributed by atoms with van der Waals surface area (Å²) in [5.41, 5.74) is -0.489. The van der Waals surface area contributed by atoms with Gasteiger partial charge in [0.15, 0.2) is 11.6 Å². The van der Waals surface area contributed by atoms with Crippen LogP contribution in [0.4, 0.5) is 10.6 Å². The first-order valence-electron chi connectivity index (χ1n) is 7.24. The third kappa shape index (κ3) is 4.24. The Kier molecular flexibility index (Phi) is 4.55. The smallest absolute Gasteiger partial charge is 0.410 e. The molecule has 0 radical (unpaired) electrons. The fraction of sp³-hybridized carbons (Fsp3) is 0.600. The largest absolute Gasteiger partial charge is 0.504 e. The zero-order valence-corrected chi connectivity index (χ0v) is 12.8. The summed E-state index contributed by atoms with van der Waals surface area (Å²) in [6.45, 7) is 6.83. The van der Waals surface area contributed by atoms with Crippen LogP contribution in [0, 0.1) is 0 Å². The maximum atomic E-state index is 12.2. The van der Waals surface area contributed by atoms with Crippen molar-refractivity contribution >= 4 is 11.9 Å².